The van der Waals surface area contributed by atoms with Gasteiger partial charge < -0.3 is 15.1 Å². The number of rotatable bonds is 1. The molecule has 0 saturated carbocycles. The van der Waals surface area contributed by atoms with Gasteiger partial charge in [-0.2, -0.15) is 0 Å². The second-order valence-electron chi connectivity index (χ2n) is 5.26. The van der Waals surface area contributed by atoms with Crippen molar-refractivity contribution in [3.63, 3.8) is 0 Å². The van der Waals surface area contributed by atoms with Crippen molar-refractivity contribution < 1.29 is 9.59 Å². The van der Waals surface area contributed by atoms with Gasteiger partial charge in [-0.3, -0.25) is 9.59 Å². The maximum absolute atomic E-state index is 12.4. The van der Waals surface area contributed by atoms with E-state index in [4.69, 9.17) is 0 Å². The highest BCUT2D eigenvalue weighted by atomic mass is 16.2. The fraction of sp³-hybridized carbons (Fsp3) is 0.833. The molecule has 2 rings (SSSR count). The Morgan fingerprint density at radius 1 is 1.35 bits per heavy atom. The van der Waals surface area contributed by atoms with E-state index in [-0.39, 0.29) is 18.4 Å². The summed E-state index contributed by atoms with van der Waals surface area (Å²) in [4.78, 5) is 27.4. The Morgan fingerprint density at radius 3 is 2.71 bits per heavy atom. The summed E-state index contributed by atoms with van der Waals surface area (Å²) in [5.74, 6) is 0.114. The maximum Gasteiger partial charge on any atom is 0.243 e. The van der Waals surface area contributed by atoms with Crippen molar-refractivity contribution in [2.24, 2.45) is 0 Å². The number of nitrogens with one attached hydrogen (secondary N) is 1. The number of piperidine rings is 1. The molecule has 5 nitrogen and oxygen atoms in total. The summed E-state index contributed by atoms with van der Waals surface area (Å²) < 4.78 is 0. The lowest BCUT2D eigenvalue weighted by Gasteiger charge is -2.40. The quantitative estimate of drug-likeness (QED) is 0.690. The topological polar surface area (TPSA) is 52.6 Å². The first-order chi connectivity index (χ1) is 8.03. The molecule has 0 aliphatic carbocycles. The number of nitrogens with zero attached hydrogens (tertiary/aromatic N) is 2. The van der Waals surface area contributed by atoms with Crippen LogP contribution in [0.3, 0.4) is 0 Å². The minimum absolute atomic E-state index is 0.0315. The van der Waals surface area contributed by atoms with Gasteiger partial charge in [0, 0.05) is 20.1 Å². The Hall–Kier alpha value is -1.10. The van der Waals surface area contributed by atoms with Gasteiger partial charge in [-0.1, -0.05) is 0 Å². The summed E-state index contributed by atoms with van der Waals surface area (Å²) in [7, 11) is 1.78. The molecule has 2 fully saturated rings. The smallest absolute Gasteiger partial charge is 0.243 e. The van der Waals surface area contributed by atoms with Gasteiger partial charge in [0.15, 0.2) is 0 Å². The third kappa shape index (κ3) is 2.44. The van der Waals surface area contributed by atoms with Crippen LogP contribution < -0.4 is 5.32 Å². The first-order valence-corrected chi connectivity index (χ1v) is 6.31. The zero-order valence-corrected chi connectivity index (χ0v) is 10.7. The number of hydrogen-bond acceptors (Lipinski definition) is 3. The van der Waals surface area contributed by atoms with Crippen molar-refractivity contribution in [3.05, 3.63) is 0 Å². The molecule has 1 N–H and O–H groups in total. The van der Waals surface area contributed by atoms with Crippen molar-refractivity contribution in [1.29, 1.82) is 0 Å². The van der Waals surface area contributed by atoms with Crippen molar-refractivity contribution in [2.75, 3.05) is 33.2 Å². The molecule has 96 valence electrons. The van der Waals surface area contributed by atoms with Crippen LogP contribution in [0.2, 0.25) is 0 Å². The summed E-state index contributed by atoms with van der Waals surface area (Å²) in [6.45, 7) is 4.37. The predicted octanol–water partition coefficient (Wildman–Crippen LogP) is -0.181. The molecule has 0 bridgehead atoms. The fourth-order valence-corrected chi connectivity index (χ4v) is 2.52. The highest BCUT2D eigenvalue weighted by Crippen LogP contribution is 2.22. The monoisotopic (exact) mass is 239 g/mol. The van der Waals surface area contributed by atoms with Crippen LogP contribution >= 0.6 is 0 Å². The third-order valence-electron chi connectivity index (χ3n) is 3.84. The molecule has 2 amide bonds. The van der Waals surface area contributed by atoms with Gasteiger partial charge in [0.05, 0.1) is 12.1 Å². The van der Waals surface area contributed by atoms with E-state index in [9.17, 15) is 9.59 Å². The summed E-state index contributed by atoms with van der Waals surface area (Å²) in [5.41, 5.74) is -0.464. The van der Waals surface area contributed by atoms with Crippen LogP contribution in [0.4, 0.5) is 0 Å². The molecule has 1 unspecified atom stereocenters. The normalized spacial score (nSPS) is 30.6. The number of hydrogen-bond donors (Lipinski definition) is 1. The summed E-state index contributed by atoms with van der Waals surface area (Å²) in [6, 6.07) is 0. The second kappa shape index (κ2) is 4.64. The standard InChI is InChI=1S/C12H21N3O2/c1-12(5-3-4-6-13-12)11(17)15-8-7-14(2)10(16)9-15/h13H,3-9H2,1-2H3. The fourth-order valence-electron chi connectivity index (χ4n) is 2.52. The van der Waals surface area contributed by atoms with Crippen LogP contribution in [-0.4, -0.2) is 60.4 Å². The van der Waals surface area contributed by atoms with E-state index in [0.717, 1.165) is 25.8 Å². The van der Waals surface area contributed by atoms with Gasteiger partial charge in [0.25, 0.3) is 0 Å². The number of piperazine rings is 1. The lowest BCUT2D eigenvalue weighted by atomic mass is 9.89. The third-order valence-corrected chi connectivity index (χ3v) is 3.84. The van der Waals surface area contributed by atoms with E-state index >= 15 is 0 Å². The van der Waals surface area contributed by atoms with Crippen LogP contribution in [0, 0.1) is 0 Å². The van der Waals surface area contributed by atoms with Crippen LogP contribution in [0.1, 0.15) is 26.2 Å². The van der Waals surface area contributed by atoms with E-state index in [1.807, 2.05) is 6.92 Å². The molecule has 0 spiro atoms. The van der Waals surface area contributed by atoms with Crippen molar-refractivity contribution in [2.45, 2.75) is 31.7 Å². The van der Waals surface area contributed by atoms with E-state index in [0.29, 0.717) is 13.1 Å². The molecule has 0 aromatic heterocycles. The Bertz CT molecular complexity index is 324. The molecule has 2 heterocycles. The molecule has 2 aliphatic heterocycles. The molecule has 5 heteroatoms. The van der Waals surface area contributed by atoms with Gasteiger partial charge in [0.1, 0.15) is 0 Å². The summed E-state index contributed by atoms with van der Waals surface area (Å²) >= 11 is 0. The highest BCUT2D eigenvalue weighted by Gasteiger charge is 2.39. The molecule has 2 aliphatic rings. The van der Waals surface area contributed by atoms with Crippen LogP contribution in [0.5, 0.6) is 0 Å². The van der Waals surface area contributed by atoms with E-state index in [2.05, 4.69) is 5.32 Å². The summed E-state index contributed by atoms with van der Waals surface area (Å²) in [5, 5.41) is 3.30. The molecule has 0 aromatic rings. The van der Waals surface area contributed by atoms with Crippen molar-refractivity contribution >= 4 is 11.8 Å². The molecule has 2 saturated heterocycles. The van der Waals surface area contributed by atoms with Crippen molar-refractivity contribution in [3.8, 4) is 0 Å². The summed E-state index contributed by atoms with van der Waals surface area (Å²) in [6.07, 6.45) is 3.08. The molecule has 0 radical (unpaired) electrons. The first kappa shape index (κ1) is 12.4. The van der Waals surface area contributed by atoms with Crippen molar-refractivity contribution in [1.82, 2.24) is 15.1 Å². The van der Waals surface area contributed by atoms with Crippen LogP contribution in [0.15, 0.2) is 0 Å². The number of carbonyl (C=O) groups is 2. The Morgan fingerprint density at radius 2 is 2.12 bits per heavy atom. The minimum Gasteiger partial charge on any atom is -0.342 e. The average Bonchev–Trinajstić information content (AvgIpc) is 2.33. The molecule has 0 aromatic carbocycles. The van der Waals surface area contributed by atoms with E-state index < -0.39 is 5.54 Å². The lowest BCUT2D eigenvalue weighted by Crippen LogP contribution is -2.61. The van der Waals surface area contributed by atoms with E-state index in [1.54, 1.807) is 16.8 Å². The van der Waals surface area contributed by atoms with Crippen LogP contribution in [-0.2, 0) is 9.59 Å². The predicted molar refractivity (Wildman–Crippen MR) is 64.5 cm³/mol. The first-order valence-electron chi connectivity index (χ1n) is 6.31. The number of likely N-dealkylation sites (N-methyl/N-ethyl adjacent to an activating group) is 1. The van der Waals surface area contributed by atoms with Gasteiger partial charge in [0.2, 0.25) is 11.8 Å². The highest BCUT2D eigenvalue weighted by molar-refractivity contribution is 5.91. The van der Waals surface area contributed by atoms with Gasteiger partial charge in [-0.05, 0) is 32.7 Å². The zero-order valence-electron chi connectivity index (χ0n) is 10.7. The maximum atomic E-state index is 12.4. The average molecular weight is 239 g/mol. The number of carbonyl (C=O) groups excluding carboxylic acids is 2. The molecular weight excluding hydrogens is 218 g/mol. The van der Waals surface area contributed by atoms with E-state index in [1.165, 1.54) is 0 Å². The molecule has 17 heavy (non-hydrogen) atoms. The SMILES string of the molecule is CN1CCN(C(=O)C2(C)CCCCN2)CC1=O. The Kier molecular flexibility index (Phi) is 3.38. The minimum atomic E-state index is -0.464. The Labute approximate surface area is 102 Å². The van der Waals surface area contributed by atoms with Gasteiger partial charge >= 0.3 is 0 Å². The molecule has 1 atom stereocenters. The van der Waals surface area contributed by atoms with Gasteiger partial charge in [-0.25, -0.2) is 0 Å². The second-order valence-corrected chi connectivity index (χ2v) is 5.26. The molecular formula is C12H21N3O2. The van der Waals surface area contributed by atoms with Gasteiger partial charge in [-0.15, -0.1) is 0 Å². The zero-order chi connectivity index (χ0) is 12.5. The largest absolute Gasteiger partial charge is 0.342 e. The van der Waals surface area contributed by atoms with Crippen LogP contribution in [0.25, 0.3) is 0 Å². The number of amides is 2. The lowest BCUT2D eigenvalue weighted by molar-refractivity contribution is -0.148. The Balaban J connectivity index is 2.02.